The van der Waals surface area contributed by atoms with Crippen LogP contribution in [0.1, 0.15) is 48.0 Å². The second-order valence-corrected chi connectivity index (χ2v) is 8.88. The van der Waals surface area contributed by atoms with Gasteiger partial charge in [0.25, 0.3) is 11.6 Å². The molecule has 0 spiro atoms. The number of nitro benzene ring substituents is 1. The lowest BCUT2D eigenvalue weighted by Gasteiger charge is -2.27. The molecule has 188 valence electrons. The Morgan fingerprint density at radius 1 is 1.17 bits per heavy atom. The van der Waals surface area contributed by atoms with Gasteiger partial charge in [-0.3, -0.25) is 19.7 Å². The first-order valence-corrected chi connectivity index (χ1v) is 12.0. The van der Waals surface area contributed by atoms with Gasteiger partial charge in [0.2, 0.25) is 5.78 Å². The summed E-state index contributed by atoms with van der Waals surface area (Å²) < 4.78 is 5.76. The standard InChI is InChI=1S/C27H29N3O6/c1-4-28(5-2)12-7-13-29-24(18-8-6-9-20(15-18)30(34)35)23(26(32)27(29)33)25(31)22-16-19-14-17(3)10-11-21(19)36-22/h6,8-11,14-16,24,32H,4-5,7,12-13H2,1-3H3. The number of hydrogen-bond donors (Lipinski definition) is 1. The number of furan rings is 1. The Balaban J connectivity index is 1.74. The van der Waals surface area contributed by atoms with Crippen molar-refractivity contribution < 1.29 is 24.0 Å². The van der Waals surface area contributed by atoms with Crippen LogP contribution in [0.3, 0.4) is 0 Å². The number of Topliss-reactive ketones (excluding diaryl/α,β-unsaturated/α-hetero) is 1. The molecule has 1 aliphatic heterocycles. The molecule has 0 saturated heterocycles. The number of carbonyl (C=O) groups excluding carboxylic acids is 2. The first kappa shape index (κ1) is 25.1. The van der Waals surface area contributed by atoms with Crippen molar-refractivity contribution in [1.29, 1.82) is 0 Å². The molecular formula is C27H29N3O6. The summed E-state index contributed by atoms with van der Waals surface area (Å²) in [6.45, 7) is 8.74. The lowest BCUT2D eigenvalue weighted by molar-refractivity contribution is -0.384. The average molecular weight is 492 g/mol. The van der Waals surface area contributed by atoms with Gasteiger partial charge < -0.3 is 19.3 Å². The highest BCUT2D eigenvalue weighted by Gasteiger charge is 2.44. The summed E-state index contributed by atoms with van der Waals surface area (Å²) in [7, 11) is 0. The number of aliphatic hydroxyl groups is 1. The van der Waals surface area contributed by atoms with Gasteiger partial charge in [-0.05, 0) is 56.7 Å². The van der Waals surface area contributed by atoms with Crippen LogP contribution in [-0.2, 0) is 4.79 Å². The average Bonchev–Trinajstić information content (AvgIpc) is 3.40. The number of rotatable bonds is 10. The van der Waals surface area contributed by atoms with Crippen molar-refractivity contribution in [2.24, 2.45) is 0 Å². The van der Waals surface area contributed by atoms with E-state index in [0.717, 1.165) is 30.6 Å². The van der Waals surface area contributed by atoms with E-state index in [-0.39, 0.29) is 23.6 Å². The van der Waals surface area contributed by atoms with Crippen molar-refractivity contribution in [2.45, 2.75) is 33.2 Å². The molecule has 0 bridgehead atoms. The number of aryl methyl sites for hydroxylation is 1. The highest BCUT2D eigenvalue weighted by molar-refractivity contribution is 6.16. The van der Waals surface area contributed by atoms with Gasteiger partial charge in [-0.1, -0.05) is 37.6 Å². The number of hydrogen-bond acceptors (Lipinski definition) is 7. The van der Waals surface area contributed by atoms with Gasteiger partial charge in [-0.25, -0.2) is 0 Å². The number of nitrogens with zero attached hydrogens (tertiary/aromatic N) is 3. The van der Waals surface area contributed by atoms with Crippen LogP contribution in [0.15, 0.2) is 64.3 Å². The van der Waals surface area contributed by atoms with Crippen LogP contribution >= 0.6 is 0 Å². The van der Waals surface area contributed by atoms with E-state index in [1.54, 1.807) is 18.2 Å². The van der Waals surface area contributed by atoms with Crippen LogP contribution in [0.25, 0.3) is 11.0 Å². The Kier molecular flexibility index (Phi) is 7.21. The second kappa shape index (κ2) is 10.3. The summed E-state index contributed by atoms with van der Waals surface area (Å²) >= 11 is 0. The van der Waals surface area contributed by atoms with Crippen molar-refractivity contribution in [3.8, 4) is 0 Å². The molecule has 2 heterocycles. The zero-order valence-electron chi connectivity index (χ0n) is 20.6. The monoisotopic (exact) mass is 491 g/mol. The maximum Gasteiger partial charge on any atom is 0.290 e. The van der Waals surface area contributed by atoms with Gasteiger partial charge in [0.1, 0.15) is 5.58 Å². The molecule has 9 heteroatoms. The number of aliphatic hydroxyl groups excluding tert-OH is 1. The molecule has 0 fully saturated rings. The number of nitro groups is 1. The summed E-state index contributed by atoms with van der Waals surface area (Å²) in [5.41, 5.74) is 1.57. The zero-order valence-corrected chi connectivity index (χ0v) is 20.6. The van der Waals surface area contributed by atoms with E-state index in [9.17, 15) is 24.8 Å². The fraction of sp³-hybridized carbons (Fsp3) is 0.333. The SMILES string of the molecule is CCN(CC)CCCN1C(=O)C(O)=C(C(=O)c2cc3cc(C)ccc3o2)C1c1cccc([N+](=O)[O-])c1. The van der Waals surface area contributed by atoms with Gasteiger partial charge in [0, 0.05) is 24.1 Å². The van der Waals surface area contributed by atoms with E-state index in [2.05, 4.69) is 18.7 Å². The molecule has 2 aromatic carbocycles. The minimum Gasteiger partial charge on any atom is -0.503 e. The van der Waals surface area contributed by atoms with Gasteiger partial charge in [0.05, 0.1) is 16.5 Å². The maximum atomic E-state index is 13.6. The van der Waals surface area contributed by atoms with E-state index in [4.69, 9.17) is 4.42 Å². The molecule has 1 unspecified atom stereocenters. The normalized spacial score (nSPS) is 15.9. The Bertz CT molecular complexity index is 1350. The topological polar surface area (TPSA) is 117 Å². The largest absolute Gasteiger partial charge is 0.503 e. The van der Waals surface area contributed by atoms with Gasteiger partial charge >= 0.3 is 0 Å². The molecule has 36 heavy (non-hydrogen) atoms. The summed E-state index contributed by atoms with van der Waals surface area (Å²) in [5, 5.41) is 23.0. The molecule has 1 amide bonds. The van der Waals surface area contributed by atoms with E-state index >= 15 is 0 Å². The fourth-order valence-corrected chi connectivity index (χ4v) is 4.68. The Hall–Kier alpha value is -3.98. The highest BCUT2D eigenvalue weighted by atomic mass is 16.6. The van der Waals surface area contributed by atoms with E-state index in [0.29, 0.717) is 17.6 Å². The zero-order chi connectivity index (χ0) is 26.0. The molecule has 4 rings (SSSR count). The molecule has 0 aliphatic carbocycles. The summed E-state index contributed by atoms with van der Waals surface area (Å²) in [6.07, 6.45) is 0.609. The molecular weight excluding hydrogens is 462 g/mol. The fourth-order valence-electron chi connectivity index (χ4n) is 4.68. The minimum absolute atomic E-state index is 0.00891. The highest BCUT2D eigenvalue weighted by Crippen LogP contribution is 2.40. The molecule has 1 atom stereocenters. The van der Waals surface area contributed by atoms with Crippen LogP contribution in [0.2, 0.25) is 0 Å². The number of amides is 1. The van der Waals surface area contributed by atoms with Crippen LogP contribution < -0.4 is 0 Å². The minimum atomic E-state index is -0.975. The predicted octanol–water partition coefficient (Wildman–Crippen LogP) is 4.96. The number of ketones is 1. The Morgan fingerprint density at radius 3 is 2.61 bits per heavy atom. The first-order valence-electron chi connectivity index (χ1n) is 12.0. The molecule has 3 aromatic rings. The molecule has 9 nitrogen and oxygen atoms in total. The predicted molar refractivity (Wildman–Crippen MR) is 135 cm³/mol. The molecule has 1 N–H and O–H groups in total. The first-order chi connectivity index (χ1) is 17.2. The quantitative estimate of drug-likeness (QED) is 0.242. The van der Waals surface area contributed by atoms with E-state index in [1.807, 2.05) is 19.1 Å². The number of non-ortho nitro benzene ring substituents is 1. The number of carbonyl (C=O) groups is 2. The van der Waals surface area contributed by atoms with E-state index in [1.165, 1.54) is 23.1 Å². The van der Waals surface area contributed by atoms with Crippen LogP contribution in [-0.4, -0.2) is 57.7 Å². The van der Waals surface area contributed by atoms with Crippen molar-refractivity contribution in [2.75, 3.05) is 26.2 Å². The van der Waals surface area contributed by atoms with Crippen molar-refractivity contribution >= 4 is 28.3 Å². The molecule has 0 radical (unpaired) electrons. The maximum absolute atomic E-state index is 13.6. The summed E-state index contributed by atoms with van der Waals surface area (Å²) in [6, 6.07) is 11.9. The smallest absolute Gasteiger partial charge is 0.290 e. The van der Waals surface area contributed by atoms with E-state index < -0.39 is 28.4 Å². The third-order valence-electron chi connectivity index (χ3n) is 6.61. The van der Waals surface area contributed by atoms with Crippen LogP contribution in [0, 0.1) is 17.0 Å². The number of fused-ring (bicyclic) bond motifs is 1. The van der Waals surface area contributed by atoms with Gasteiger partial charge in [-0.15, -0.1) is 0 Å². The Labute approximate surface area is 208 Å². The molecule has 1 aromatic heterocycles. The van der Waals surface area contributed by atoms with Crippen molar-refractivity contribution in [3.63, 3.8) is 0 Å². The lowest BCUT2D eigenvalue weighted by atomic mass is 9.94. The van der Waals surface area contributed by atoms with Crippen LogP contribution in [0.5, 0.6) is 0 Å². The second-order valence-electron chi connectivity index (χ2n) is 8.88. The summed E-state index contributed by atoms with van der Waals surface area (Å²) in [5.74, 6) is -1.97. The van der Waals surface area contributed by atoms with Crippen molar-refractivity contribution in [3.05, 3.63) is 86.9 Å². The third-order valence-corrected chi connectivity index (χ3v) is 6.61. The third kappa shape index (κ3) is 4.74. The number of benzene rings is 2. The van der Waals surface area contributed by atoms with Crippen molar-refractivity contribution in [1.82, 2.24) is 9.80 Å². The molecule has 0 saturated carbocycles. The van der Waals surface area contributed by atoms with Gasteiger partial charge in [-0.2, -0.15) is 0 Å². The summed E-state index contributed by atoms with van der Waals surface area (Å²) in [4.78, 5) is 41.3. The van der Waals surface area contributed by atoms with Gasteiger partial charge in [0.15, 0.2) is 11.5 Å². The molecule has 1 aliphatic rings. The Morgan fingerprint density at radius 2 is 1.92 bits per heavy atom. The lowest BCUT2D eigenvalue weighted by Crippen LogP contribution is -2.34. The van der Waals surface area contributed by atoms with Crippen LogP contribution in [0.4, 0.5) is 5.69 Å².